The van der Waals surface area contributed by atoms with E-state index in [0.29, 0.717) is 30.1 Å². The monoisotopic (exact) mass is 397 g/mol. The van der Waals surface area contributed by atoms with E-state index in [0.717, 1.165) is 24.2 Å². The first-order chi connectivity index (χ1) is 14.0. The van der Waals surface area contributed by atoms with E-state index in [1.807, 2.05) is 24.3 Å². The molecular formula is C23H27NO5. The maximum absolute atomic E-state index is 11.6. The Kier molecular flexibility index (Phi) is 8.76. The van der Waals surface area contributed by atoms with E-state index in [1.54, 1.807) is 44.2 Å². The molecule has 0 aliphatic rings. The van der Waals surface area contributed by atoms with Gasteiger partial charge in [-0.1, -0.05) is 12.1 Å². The Hall–Kier alpha value is -3.28. The van der Waals surface area contributed by atoms with Crippen molar-refractivity contribution >= 4 is 23.7 Å². The predicted octanol–water partition coefficient (Wildman–Crippen LogP) is 4.32. The number of hydrogen-bond acceptors (Lipinski definition) is 6. The number of carbonyl (C=O) groups is 2. The largest absolute Gasteiger partial charge is 0.494 e. The predicted molar refractivity (Wildman–Crippen MR) is 113 cm³/mol. The second-order valence-electron chi connectivity index (χ2n) is 6.31. The maximum Gasteiger partial charge on any atom is 0.337 e. The first kappa shape index (κ1) is 22.0. The van der Waals surface area contributed by atoms with Gasteiger partial charge in [0, 0.05) is 17.8 Å². The number of esters is 2. The molecule has 0 fully saturated rings. The smallest absolute Gasteiger partial charge is 0.337 e. The third kappa shape index (κ3) is 7.33. The van der Waals surface area contributed by atoms with Crippen LogP contribution in [0.4, 0.5) is 5.69 Å². The summed E-state index contributed by atoms with van der Waals surface area (Å²) < 4.78 is 15.3. The van der Waals surface area contributed by atoms with Gasteiger partial charge in [-0.3, -0.25) is 0 Å². The van der Waals surface area contributed by atoms with Gasteiger partial charge in [-0.25, -0.2) is 9.59 Å². The molecule has 0 radical (unpaired) electrons. The summed E-state index contributed by atoms with van der Waals surface area (Å²) in [4.78, 5) is 23.0. The van der Waals surface area contributed by atoms with E-state index in [-0.39, 0.29) is 11.9 Å². The first-order valence-corrected chi connectivity index (χ1v) is 9.54. The molecule has 0 saturated carbocycles. The maximum atomic E-state index is 11.6. The second-order valence-corrected chi connectivity index (χ2v) is 6.31. The van der Waals surface area contributed by atoms with Crippen molar-refractivity contribution in [3.8, 4) is 5.75 Å². The molecule has 6 nitrogen and oxygen atoms in total. The molecule has 0 spiro atoms. The van der Waals surface area contributed by atoms with Crippen LogP contribution < -0.4 is 10.1 Å². The molecule has 2 rings (SSSR count). The molecule has 0 bridgehead atoms. The van der Waals surface area contributed by atoms with Crippen molar-refractivity contribution in [2.75, 3.05) is 32.2 Å². The molecule has 0 aromatic heterocycles. The van der Waals surface area contributed by atoms with E-state index in [1.165, 1.54) is 7.11 Å². The summed E-state index contributed by atoms with van der Waals surface area (Å²) in [6.07, 6.45) is 2.63. The van der Waals surface area contributed by atoms with Gasteiger partial charge in [-0.2, -0.15) is 0 Å². The summed E-state index contributed by atoms with van der Waals surface area (Å²) in [5.41, 5.74) is 3.01. The van der Waals surface area contributed by atoms with Crippen LogP contribution in [-0.4, -0.2) is 38.8 Å². The lowest BCUT2D eigenvalue weighted by Crippen LogP contribution is -2.07. The fourth-order valence-electron chi connectivity index (χ4n) is 2.55. The van der Waals surface area contributed by atoms with Crippen LogP contribution in [0.2, 0.25) is 0 Å². The third-order valence-corrected chi connectivity index (χ3v) is 4.09. The summed E-state index contributed by atoms with van der Waals surface area (Å²) in [6, 6.07) is 14.7. The first-order valence-electron chi connectivity index (χ1n) is 9.54. The van der Waals surface area contributed by atoms with Crippen molar-refractivity contribution in [3.63, 3.8) is 0 Å². The van der Waals surface area contributed by atoms with Crippen LogP contribution in [0, 0.1) is 0 Å². The number of benzene rings is 2. The van der Waals surface area contributed by atoms with E-state index >= 15 is 0 Å². The molecule has 0 aliphatic carbocycles. The Balaban J connectivity index is 1.72. The van der Waals surface area contributed by atoms with Crippen molar-refractivity contribution < 1.29 is 23.8 Å². The fourth-order valence-corrected chi connectivity index (χ4v) is 2.55. The summed E-state index contributed by atoms with van der Waals surface area (Å²) in [5.74, 6) is 0.0544. The summed E-state index contributed by atoms with van der Waals surface area (Å²) in [7, 11) is 1.36. The standard InChI is InChI=1S/C23H27NO5/c1-4-28-22(25)17(2)16-18-6-10-20(11-7-18)24-14-5-15-29-21-12-8-19(9-13-21)23(26)27-3/h6-13,16,24H,4-5,14-15H2,1-3H3/b17-16+. The van der Waals surface area contributed by atoms with Crippen molar-refractivity contribution in [3.05, 3.63) is 65.2 Å². The SMILES string of the molecule is CCOC(=O)/C(C)=C/c1ccc(NCCCOc2ccc(C(=O)OC)cc2)cc1. The average Bonchev–Trinajstić information content (AvgIpc) is 2.74. The van der Waals surface area contributed by atoms with E-state index in [9.17, 15) is 9.59 Å². The topological polar surface area (TPSA) is 73.9 Å². The minimum Gasteiger partial charge on any atom is -0.494 e. The molecule has 2 aromatic rings. The molecule has 0 amide bonds. The number of ether oxygens (including phenoxy) is 3. The Morgan fingerprint density at radius 1 is 1.03 bits per heavy atom. The minimum absolute atomic E-state index is 0.297. The second kappa shape index (κ2) is 11.5. The lowest BCUT2D eigenvalue weighted by atomic mass is 10.1. The molecule has 29 heavy (non-hydrogen) atoms. The molecular weight excluding hydrogens is 370 g/mol. The Morgan fingerprint density at radius 2 is 1.72 bits per heavy atom. The van der Waals surface area contributed by atoms with Gasteiger partial charge in [0.05, 0.1) is 25.9 Å². The highest BCUT2D eigenvalue weighted by Gasteiger charge is 2.05. The fraction of sp³-hybridized carbons (Fsp3) is 0.304. The third-order valence-electron chi connectivity index (χ3n) is 4.09. The van der Waals surface area contributed by atoms with E-state index < -0.39 is 0 Å². The van der Waals surface area contributed by atoms with Crippen LogP contribution in [-0.2, 0) is 14.3 Å². The molecule has 1 N–H and O–H groups in total. The van der Waals surface area contributed by atoms with Gasteiger partial charge in [-0.15, -0.1) is 0 Å². The minimum atomic E-state index is -0.363. The van der Waals surface area contributed by atoms with Crippen molar-refractivity contribution in [1.82, 2.24) is 0 Å². The molecule has 2 aromatic carbocycles. The van der Waals surface area contributed by atoms with E-state index in [2.05, 4.69) is 10.1 Å². The van der Waals surface area contributed by atoms with Gasteiger partial charge >= 0.3 is 11.9 Å². The number of anilines is 1. The summed E-state index contributed by atoms with van der Waals surface area (Å²) >= 11 is 0. The van der Waals surface area contributed by atoms with Gasteiger partial charge in [0.1, 0.15) is 5.75 Å². The Labute approximate surface area is 171 Å². The Bertz CT molecular complexity index is 825. The number of hydrogen-bond donors (Lipinski definition) is 1. The number of nitrogens with one attached hydrogen (secondary N) is 1. The van der Waals surface area contributed by atoms with Crippen LogP contribution in [0.1, 0.15) is 36.2 Å². The molecule has 154 valence electrons. The Morgan fingerprint density at radius 3 is 2.34 bits per heavy atom. The zero-order valence-electron chi connectivity index (χ0n) is 17.1. The highest BCUT2D eigenvalue weighted by Crippen LogP contribution is 2.15. The normalized spacial score (nSPS) is 10.9. The van der Waals surface area contributed by atoms with Crippen LogP contribution in [0.5, 0.6) is 5.75 Å². The van der Waals surface area contributed by atoms with Crippen molar-refractivity contribution in [1.29, 1.82) is 0 Å². The van der Waals surface area contributed by atoms with Gasteiger partial charge in [0.25, 0.3) is 0 Å². The van der Waals surface area contributed by atoms with Crippen LogP contribution in [0.25, 0.3) is 6.08 Å². The van der Waals surface area contributed by atoms with Crippen LogP contribution >= 0.6 is 0 Å². The summed E-state index contributed by atoms with van der Waals surface area (Å²) in [6.45, 7) is 5.22. The van der Waals surface area contributed by atoms with Crippen molar-refractivity contribution in [2.24, 2.45) is 0 Å². The molecule has 0 atom stereocenters. The van der Waals surface area contributed by atoms with Crippen LogP contribution in [0.3, 0.4) is 0 Å². The van der Waals surface area contributed by atoms with Gasteiger partial charge in [0.15, 0.2) is 0 Å². The lowest BCUT2D eigenvalue weighted by molar-refractivity contribution is -0.138. The molecule has 0 heterocycles. The van der Waals surface area contributed by atoms with Gasteiger partial charge in [-0.05, 0) is 68.3 Å². The van der Waals surface area contributed by atoms with Crippen molar-refractivity contribution in [2.45, 2.75) is 20.3 Å². The molecule has 0 aliphatic heterocycles. The molecule has 0 unspecified atom stereocenters. The van der Waals surface area contributed by atoms with Crippen LogP contribution in [0.15, 0.2) is 54.1 Å². The highest BCUT2D eigenvalue weighted by atomic mass is 16.5. The number of methoxy groups -OCH3 is 1. The number of rotatable bonds is 10. The quantitative estimate of drug-likeness (QED) is 0.366. The summed E-state index contributed by atoms with van der Waals surface area (Å²) in [5, 5.41) is 3.33. The highest BCUT2D eigenvalue weighted by molar-refractivity contribution is 5.93. The van der Waals surface area contributed by atoms with E-state index in [4.69, 9.17) is 9.47 Å². The number of carbonyl (C=O) groups excluding carboxylic acids is 2. The zero-order valence-corrected chi connectivity index (χ0v) is 17.1. The molecule has 6 heteroatoms. The zero-order chi connectivity index (χ0) is 21.1. The average molecular weight is 397 g/mol. The molecule has 0 saturated heterocycles. The lowest BCUT2D eigenvalue weighted by Gasteiger charge is -2.09. The van der Waals surface area contributed by atoms with Gasteiger partial charge < -0.3 is 19.5 Å². The van der Waals surface area contributed by atoms with Gasteiger partial charge in [0.2, 0.25) is 0 Å².